The SMILES string of the molecule is Nc1c2c(nc3cc(F)c(Br)cc13)CCOC2. The van der Waals surface area contributed by atoms with Crippen LogP contribution in [0.5, 0.6) is 0 Å². The minimum Gasteiger partial charge on any atom is -0.398 e. The van der Waals surface area contributed by atoms with Crippen molar-refractivity contribution in [1.82, 2.24) is 4.98 Å². The number of benzene rings is 1. The van der Waals surface area contributed by atoms with Gasteiger partial charge in [-0.1, -0.05) is 0 Å². The molecule has 2 aromatic rings. The van der Waals surface area contributed by atoms with Crippen molar-refractivity contribution in [3.63, 3.8) is 0 Å². The Morgan fingerprint density at radius 2 is 2.24 bits per heavy atom. The molecular formula is C12H10BrFN2O. The van der Waals surface area contributed by atoms with E-state index in [1.54, 1.807) is 6.07 Å². The Morgan fingerprint density at radius 3 is 3.06 bits per heavy atom. The van der Waals surface area contributed by atoms with Gasteiger partial charge in [0.2, 0.25) is 0 Å². The molecule has 5 heteroatoms. The Labute approximate surface area is 106 Å². The summed E-state index contributed by atoms with van der Waals surface area (Å²) >= 11 is 3.16. The van der Waals surface area contributed by atoms with Crippen molar-refractivity contribution in [3.05, 3.63) is 33.7 Å². The molecule has 0 saturated heterocycles. The molecule has 1 aromatic heterocycles. The third-order valence-electron chi connectivity index (χ3n) is 2.99. The van der Waals surface area contributed by atoms with Crippen molar-refractivity contribution in [2.24, 2.45) is 0 Å². The van der Waals surface area contributed by atoms with E-state index in [9.17, 15) is 4.39 Å². The number of nitrogens with zero attached hydrogens (tertiary/aromatic N) is 1. The van der Waals surface area contributed by atoms with Crippen molar-refractivity contribution in [3.8, 4) is 0 Å². The minimum absolute atomic E-state index is 0.323. The first kappa shape index (κ1) is 10.9. The molecule has 3 nitrogen and oxygen atoms in total. The lowest BCUT2D eigenvalue weighted by Gasteiger charge is -2.19. The molecule has 2 heterocycles. The van der Waals surface area contributed by atoms with E-state index in [1.165, 1.54) is 6.07 Å². The van der Waals surface area contributed by atoms with Crippen LogP contribution in [0.4, 0.5) is 10.1 Å². The van der Waals surface area contributed by atoms with Crippen LogP contribution in [0.1, 0.15) is 11.3 Å². The van der Waals surface area contributed by atoms with Gasteiger partial charge in [0.1, 0.15) is 5.82 Å². The van der Waals surface area contributed by atoms with Crippen molar-refractivity contribution in [2.75, 3.05) is 12.3 Å². The molecule has 0 unspecified atom stereocenters. The second kappa shape index (κ2) is 3.92. The van der Waals surface area contributed by atoms with E-state index in [1.807, 2.05) is 0 Å². The number of fused-ring (bicyclic) bond motifs is 2. The first-order valence-electron chi connectivity index (χ1n) is 5.30. The normalized spacial score (nSPS) is 14.9. The molecule has 3 rings (SSSR count). The third-order valence-corrected chi connectivity index (χ3v) is 3.59. The summed E-state index contributed by atoms with van der Waals surface area (Å²) < 4.78 is 19.2. The van der Waals surface area contributed by atoms with Crippen LogP contribution in [0.15, 0.2) is 16.6 Å². The molecule has 17 heavy (non-hydrogen) atoms. The quantitative estimate of drug-likeness (QED) is 0.813. The third kappa shape index (κ3) is 1.70. The fraction of sp³-hybridized carbons (Fsp3) is 0.250. The summed E-state index contributed by atoms with van der Waals surface area (Å²) in [7, 11) is 0. The summed E-state index contributed by atoms with van der Waals surface area (Å²) in [6.45, 7) is 1.13. The number of hydrogen-bond acceptors (Lipinski definition) is 3. The lowest BCUT2D eigenvalue weighted by molar-refractivity contribution is 0.110. The van der Waals surface area contributed by atoms with Gasteiger partial charge in [-0.05, 0) is 22.0 Å². The van der Waals surface area contributed by atoms with Crippen molar-refractivity contribution < 1.29 is 9.13 Å². The maximum absolute atomic E-state index is 13.5. The van der Waals surface area contributed by atoms with Gasteiger partial charge in [-0.15, -0.1) is 0 Å². The maximum Gasteiger partial charge on any atom is 0.139 e. The predicted molar refractivity (Wildman–Crippen MR) is 67.2 cm³/mol. The highest BCUT2D eigenvalue weighted by molar-refractivity contribution is 9.10. The Morgan fingerprint density at radius 1 is 1.41 bits per heavy atom. The Kier molecular flexibility index (Phi) is 2.52. The van der Waals surface area contributed by atoms with Gasteiger partial charge < -0.3 is 10.5 Å². The van der Waals surface area contributed by atoms with Crippen LogP contribution in [0.3, 0.4) is 0 Å². The largest absolute Gasteiger partial charge is 0.398 e. The molecule has 0 radical (unpaired) electrons. The van der Waals surface area contributed by atoms with Crippen molar-refractivity contribution in [1.29, 1.82) is 0 Å². The number of rotatable bonds is 0. The van der Waals surface area contributed by atoms with Gasteiger partial charge >= 0.3 is 0 Å². The Bertz CT molecular complexity index is 615. The van der Waals surface area contributed by atoms with Gasteiger partial charge in [0, 0.05) is 29.1 Å². The monoisotopic (exact) mass is 296 g/mol. The number of nitrogen functional groups attached to an aromatic ring is 1. The number of ether oxygens (including phenoxy) is 1. The average molecular weight is 297 g/mol. The summed E-state index contributed by atoms with van der Waals surface area (Å²) in [4.78, 5) is 4.46. The number of halogens is 2. The van der Waals surface area contributed by atoms with Gasteiger partial charge in [-0.3, -0.25) is 4.98 Å². The first-order valence-corrected chi connectivity index (χ1v) is 6.10. The maximum atomic E-state index is 13.5. The molecule has 0 atom stereocenters. The molecule has 0 bridgehead atoms. The zero-order valence-electron chi connectivity index (χ0n) is 8.96. The molecule has 1 aliphatic rings. The highest BCUT2D eigenvalue weighted by Crippen LogP contribution is 2.32. The lowest BCUT2D eigenvalue weighted by atomic mass is 10.0. The number of pyridine rings is 1. The van der Waals surface area contributed by atoms with E-state index in [-0.39, 0.29) is 5.82 Å². The summed E-state index contributed by atoms with van der Waals surface area (Å²) in [5.74, 6) is -0.323. The second-order valence-electron chi connectivity index (χ2n) is 4.04. The van der Waals surface area contributed by atoms with E-state index in [4.69, 9.17) is 10.5 Å². The zero-order chi connectivity index (χ0) is 12.0. The van der Waals surface area contributed by atoms with Crippen LogP contribution >= 0.6 is 15.9 Å². The Balaban J connectivity index is 2.36. The predicted octanol–water partition coefficient (Wildman–Crippen LogP) is 2.79. The highest BCUT2D eigenvalue weighted by Gasteiger charge is 2.17. The molecule has 88 valence electrons. The van der Waals surface area contributed by atoms with Crippen LogP contribution in [0.2, 0.25) is 0 Å². The highest BCUT2D eigenvalue weighted by atomic mass is 79.9. The summed E-state index contributed by atoms with van der Waals surface area (Å²) in [5.41, 5.74) is 9.19. The summed E-state index contributed by atoms with van der Waals surface area (Å²) in [5, 5.41) is 0.766. The second-order valence-corrected chi connectivity index (χ2v) is 4.89. The smallest absolute Gasteiger partial charge is 0.139 e. The van der Waals surface area contributed by atoms with Crippen LogP contribution in [-0.4, -0.2) is 11.6 Å². The van der Waals surface area contributed by atoms with E-state index < -0.39 is 0 Å². The number of hydrogen-bond donors (Lipinski definition) is 1. The number of anilines is 1. The van der Waals surface area contributed by atoms with Crippen LogP contribution in [0.25, 0.3) is 10.9 Å². The molecule has 0 fully saturated rings. The fourth-order valence-electron chi connectivity index (χ4n) is 2.09. The van der Waals surface area contributed by atoms with Gasteiger partial charge in [0.15, 0.2) is 0 Å². The molecule has 0 saturated carbocycles. The van der Waals surface area contributed by atoms with Gasteiger partial charge in [0.05, 0.1) is 28.9 Å². The van der Waals surface area contributed by atoms with Gasteiger partial charge in [-0.2, -0.15) is 0 Å². The topological polar surface area (TPSA) is 48.1 Å². The zero-order valence-corrected chi connectivity index (χ0v) is 10.6. The fourth-order valence-corrected chi connectivity index (χ4v) is 2.43. The van der Waals surface area contributed by atoms with Crippen molar-refractivity contribution >= 4 is 32.5 Å². The molecule has 1 aromatic carbocycles. The number of aromatic nitrogens is 1. The molecular weight excluding hydrogens is 287 g/mol. The van der Waals surface area contributed by atoms with E-state index >= 15 is 0 Å². The summed E-state index contributed by atoms with van der Waals surface area (Å²) in [6.07, 6.45) is 0.729. The number of nitrogens with two attached hydrogens (primary N) is 1. The van der Waals surface area contributed by atoms with E-state index in [0.29, 0.717) is 28.9 Å². The van der Waals surface area contributed by atoms with Crippen LogP contribution < -0.4 is 5.73 Å². The van der Waals surface area contributed by atoms with Crippen LogP contribution in [-0.2, 0) is 17.8 Å². The molecule has 0 spiro atoms. The lowest BCUT2D eigenvalue weighted by Crippen LogP contribution is -2.14. The van der Waals surface area contributed by atoms with E-state index in [2.05, 4.69) is 20.9 Å². The van der Waals surface area contributed by atoms with Crippen molar-refractivity contribution in [2.45, 2.75) is 13.0 Å². The van der Waals surface area contributed by atoms with E-state index in [0.717, 1.165) is 23.1 Å². The standard InChI is InChI=1S/C12H10BrFN2O/c13-8-3-6-11(4-9(8)14)16-10-1-2-17-5-7(10)12(6)15/h3-4H,1-2,5H2,(H2,15,16). The minimum atomic E-state index is -0.323. The molecule has 2 N–H and O–H groups in total. The first-order chi connectivity index (χ1) is 8.16. The summed E-state index contributed by atoms with van der Waals surface area (Å²) in [6, 6.07) is 3.08. The Hall–Kier alpha value is -1.20. The van der Waals surface area contributed by atoms with Crippen LogP contribution in [0, 0.1) is 5.82 Å². The molecule has 1 aliphatic heterocycles. The van der Waals surface area contributed by atoms with Gasteiger partial charge in [-0.25, -0.2) is 4.39 Å². The average Bonchev–Trinajstić information content (AvgIpc) is 2.32. The molecule has 0 aliphatic carbocycles. The molecule has 0 amide bonds. The van der Waals surface area contributed by atoms with Gasteiger partial charge in [0.25, 0.3) is 0 Å².